The normalized spacial score (nSPS) is 11.0. The second-order valence-corrected chi connectivity index (χ2v) is 7.50. The molecule has 152 valence electrons. The molecule has 1 N–H and O–H groups in total. The Morgan fingerprint density at radius 2 is 1.63 bits per heavy atom. The number of anilines is 2. The fraction of sp³-hybridized carbons (Fsp3) is 0.143. The fourth-order valence-electron chi connectivity index (χ4n) is 3.06. The molecule has 0 saturated heterocycles. The summed E-state index contributed by atoms with van der Waals surface area (Å²) in [6, 6.07) is 12.2. The number of hydrogen-bond donors (Lipinski definition) is 1. The van der Waals surface area contributed by atoms with Crippen molar-refractivity contribution in [3.05, 3.63) is 69.5 Å². The minimum absolute atomic E-state index is 0.394. The summed E-state index contributed by atoms with van der Waals surface area (Å²) in [5.74, 6) is 0.600. The summed E-state index contributed by atoms with van der Waals surface area (Å²) in [5, 5.41) is 8.58. The van der Waals surface area contributed by atoms with Crippen LogP contribution in [0.5, 0.6) is 0 Å². The van der Waals surface area contributed by atoms with E-state index in [4.69, 9.17) is 37.9 Å². The Morgan fingerprint density at radius 3 is 2.20 bits per heavy atom. The molecule has 7 nitrogen and oxygen atoms in total. The fourth-order valence-corrected chi connectivity index (χ4v) is 3.38. The summed E-state index contributed by atoms with van der Waals surface area (Å²) in [6.45, 7) is 3.85. The van der Waals surface area contributed by atoms with E-state index in [2.05, 4.69) is 10.4 Å². The molecule has 2 heterocycles. The number of methoxy groups -OCH3 is 1. The van der Waals surface area contributed by atoms with E-state index in [1.54, 1.807) is 41.1 Å². The Bertz CT molecular complexity index is 1270. The van der Waals surface area contributed by atoms with E-state index in [-0.39, 0.29) is 0 Å². The second-order valence-electron chi connectivity index (χ2n) is 6.68. The zero-order chi connectivity index (χ0) is 21.4. The van der Waals surface area contributed by atoms with Crippen molar-refractivity contribution in [2.75, 3.05) is 12.4 Å². The molecule has 2 aromatic heterocycles. The summed E-state index contributed by atoms with van der Waals surface area (Å²) >= 11 is 12.3. The number of nitrogens with zero attached hydrogens (tertiary/aromatic N) is 4. The number of halogens is 2. The molecule has 0 spiro atoms. The smallest absolute Gasteiger partial charge is 0.337 e. The van der Waals surface area contributed by atoms with Crippen LogP contribution >= 0.6 is 23.2 Å². The van der Waals surface area contributed by atoms with Crippen LogP contribution in [0.15, 0.2) is 42.5 Å². The summed E-state index contributed by atoms with van der Waals surface area (Å²) in [4.78, 5) is 21.1. The highest BCUT2D eigenvalue weighted by atomic mass is 35.5. The van der Waals surface area contributed by atoms with E-state index in [0.717, 1.165) is 17.1 Å². The van der Waals surface area contributed by atoms with Crippen LogP contribution in [0.4, 0.5) is 11.5 Å². The summed E-state index contributed by atoms with van der Waals surface area (Å²) < 4.78 is 6.46. The Hall–Kier alpha value is -3.16. The van der Waals surface area contributed by atoms with E-state index in [1.807, 2.05) is 19.9 Å². The van der Waals surface area contributed by atoms with Gasteiger partial charge in [-0.05, 0) is 56.3 Å². The third-order valence-corrected chi connectivity index (χ3v) is 5.19. The largest absolute Gasteiger partial charge is 0.465 e. The SMILES string of the molecule is COC(=O)c1ccc(Nc2nc3cc(Cl)c(Cl)cc3nc2-n2nc(C)cc2C)cc1. The van der Waals surface area contributed by atoms with Gasteiger partial charge in [0.05, 0.1) is 39.4 Å². The monoisotopic (exact) mass is 441 g/mol. The molecule has 0 unspecified atom stereocenters. The lowest BCUT2D eigenvalue weighted by molar-refractivity contribution is 0.0601. The first-order valence-electron chi connectivity index (χ1n) is 9.01. The molecule has 0 aliphatic heterocycles. The molecular weight excluding hydrogens is 425 g/mol. The van der Waals surface area contributed by atoms with Gasteiger partial charge in [-0.3, -0.25) is 0 Å². The third-order valence-electron chi connectivity index (χ3n) is 4.47. The molecule has 0 fully saturated rings. The number of aromatic nitrogens is 4. The summed E-state index contributed by atoms with van der Waals surface area (Å²) in [5.41, 5.74) is 4.12. The first-order valence-corrected chi connectivity index (χ1v) is 9.77. The van der Waals surface area contributed by atoms with Gasteiger partial charge in [-0.2, -0.15) is 5.10 Å². The molecule has 30 heavy (non-hydrogen) atoms. The lowest BCUT2D eigenvalue weighted by Gasteiger charge is -2.13. The maximum Gasteiger partial charge on any atom is 0.337 e. The van der Waals surface area contributed by atoms with Gasteiger partial charge < -0.3 is 10.1 Å². The van der Waals surface area contributed by atoms with Crippen LogP contribution in [0, 0.1) is 13.8 Å². The Kier molecular flexibility index (Phi) is 5.32. The average Bonchev–Trinajstić information content (AvgIpc) is 3.06. The number of ether oxygens (including phenoxy) is 1. The minimum Gasteiger partial charge on any atom is -0.465 e. The van der Waals surface area contributed by atoms with Crippen molar-refractivity contribution in [2.45, 2.75) is 13.8 Å². The number of esters is 1. The van der Waals surface area contributed by atoms with Crippen molar-refractivity contribution in [3.8, 4) is 5.82 Å². The highest BCUT2D eigenvalue weighted by Gasteiger charge is 2.16. The van der Waals surface area contributed by atoms with Gasteiger partial charge in [0.15, 0.2) is 11.6 Å². The molecule has 4 rings (SSSR count). The second kappa shape index (κ2) is 7.93. The van der Waals surface area contributed by atoms with Gasteiger partial charge in [-0.15, -0.1) is 0 Å². The maximum absolute atomic E-state index is 11.7. The van der Waals surface area contributed by atoms with E-state index in [9.17, 15) is 4.79 Å². The zero-order valence-corrected chi connectivity index (χ0v) is 17.9. The first kappa shape index (κ1) is 20.1. The molecule has 0 aliphatic rings. The summed E-state index contributed by atoms with van der Waals surface area (Å²) in [7, 11) is 1.34. The molecule has 0 saturated carbocycles. The lowest BCUT2D eigenvalue weighted by atomic mass is 10.2. The van der Waals surface area contributed by atoms with Crippen LogP contribution in [0.3, 0.4) is 0 Å². The van der Waals surface area contributed by atoms with Crippen LogP contribution in [-0.4, -0.2) is 32.8 Å². The van der Waals surface area contributed by atoms with Crippen molar-refractivity contribution in [1.82, 2.24) is 19.7 Å². The number of fused-ring (bicyclic) bond motifs is 1. The van der Waals surface area contributed by atoms with Gasteiger partial charge in [0.2, 0.25) is 0 Å². The van der Waals surface area contributed by atoms with Gasteiger partial charge >= 0.3 is 5.97 Å². The van der Waals surface area contributed by atoms with E-state index in [0.29, 0.717) is 38.3 Å². The summed E-state index contributed by atoms with van der Waals surface area (Å²) in [6.07, 6.45) is 0. The standard InChI is InChI=1S/C21H17Cl2N5O2/c1-11-8-12(2)28(27-11)20-19(24-14-6-4-13(5-7-14)21(29)30-3)25-17-9-15(22)16(23)10-18(17)26-20/h4-10H,1-3H3,(H,24,25). The number of rotatable bonds is 4. The minimum atomic E-state index is -0.401. The van der Waals surface area contributed by atoms with Gasteiger partial charge in [-0.25, -0.2) is 19.4 Å². The third kappa shape index (κ3) is 3.81. The van der Waals surface area contributed by atoms with Gasteiger partial charge in [-0.1, -0.05) is 23.2 Å². The van der Waals surface area contributed by atoms with Crippen molar-refractivity contribution in [2.24, 2.45) is 0 Å². The highest BCUT2D eigenvalue weighted by molar-refractivity contribution is 6.42. The predicted molar refractivity (Wildman–Crippen MR) is 117 cm³/mol. The number of carbonyl (C=O) groups is 1. The molecule has 0 bridgehead atoms. The van der Waals surface area contributed by atoms with Crippen LogP contribution in [0.1, 0.15) is 21.7 Å². The number of hydrogen-bond acceptors (Lipinski definition) is 6. The van der Waals surface area contributed by atoms with Crippen molar-refractivity contribution < 1.29 is 9.53 Å². The van der Waals surface area contributed by atoms with Crippen molar-refractivity contribution >= 4 is 51.7 Å². The van der Waals surface area contributed by atoms with E-state index >= 15 is 0 Å². The Morgan fingerprint density at radius 1 is 1.00 bits per heavy atom. The van der Waals surface area contributed by atoms with Gasteiger partial charge in [0.25, 0.3) is 0 Å². The maximum atomic E-state index is 11.7. The molecular formula is C21H17Cl2N5O2. The van der Waals surface area contributed by atoms with E-state index in [1.165, 1.54) is 7.11 Å². The first-order chi connectivity index (χ1) is 14.4. The Labute approximate surface area is 182 Å². The molecule has 0 amide bonds. The van der Waals surface area contributed by atoms with E-state index < -0.39 is 5.97 Å². The van der Waals surface area contributed by atoms with Crippen molar-refractivity contribution in [1.29, 1.82) is 0 Å². The topological polar surface area (TPSA) is 81.9 Å². The van der Waals surface area contributed by atoms with Gasteiger partial charge in [0.1, 0.15) is 0 Å². The average molecular weight is 442 g/mol. The molecule has 9 heteroatoms. The molecule has 2 aromatic carbocycles. The molecule has 0 atom stereocenters. The highest BCUT2D eigenvalue weighted by Crippen LogP contribution is 2.30. The Balaban J connectivity index is 1.84. The van der Waals surface area contributed by atoms with Crippen LogP contribution in [0.25, 0.3) is 16.9 Å². The van der Waals surface area contributed by atoms with Crippen molar-refractivity contribution in [3.63, 3.8) is 0 Å². The lowest BCUT2D eigenvalue weighted by Crippen LogP contribution is -2.09. The van der Waals surface area contributed by atoms with Crippen LogP contribution in [-0.2, 0) is 4.74 Å². The molecule has 0 aliphatic carbocycles. The number of nitrogens with one attached hydrogen (secondary N) is 1. The predicted octanol–water partition coefficient (Wildman–Crippen LogP) is 5.27. The van der Waals surface area contributed by atoms with Crippen LogP contribution < -0.4 is 5.32 Å². The molecule has 4 aromatic rings. The number of aryl methyl sites for hydroxylation is 2. The zero-order valence-electron chi connectivity index (χ0n) is 16.4. The van der Waals surface area contributed by atoms with Crippen LogP contribution in [0.2, 0.25) is 10.0 Å². The number of carbonyl (C=O) groups excluding carboxylic acids is 1. The quantitative estimate of drug-likeness (QED) is 0.434. The van der Waals surface area contributed by atoms with Gasteiger partial charge in [0, 0.05) is 11.4 Å². The number of benzene rings is 2. The molecule has 0 radical (unpaired) electrons.